The van der Waals surface area contributed by atoms with Gasteiger partial charge in [0.1, 0.15) is 10.8 Å². The number of aromatic nitrogens is 6. The molecule has 4 aromatic rings. The molecule has 0 aromatic carbocycles. The van der Waals surface area contributed by atoms with Gasteiger partial charge in [0, 0.05) is 61.8 Å². The fourth-order valence-corrected chi connectivity index (χ4v) is 6.29. The van der Waals surface area contributed by atoms with Crippen LogP contribution in [0.15, 0.2) is 65.3 Å². The lowest BCUT2D eigenvalue weighted by Crippen LogP contribution is -2.45. The van der Waals surface area contributed by atoms with Crippen molar-refractivity contribution in [2.75, 3.05) is 25.0 Å². The second-order valence-corrected chi connectivity index (χ2v) is 10.8. The number of hydrogen-bond acceptors (Lipinski definition) is 8. The minimum Gasteiger partial charge on any atom is -0.355 e. The normalized spacial score (nSPS) is 18.2. The van der Waals surface area contributed by atoms with Gasteiger partial charge in [-0.2, -0.15) is 5.10 Å². The van der Waals surface area contributed by atoms with Gasteiger partial charge in [-0.1, -0.05) is 23.4 Å². The highest BCUT2D eigenvalue weighted by Gasteiger charge is 2.47. The first-order valence-corrected chi connectivity index (χ1v) is 13.2. The number of piperidine rings is 1. The molecule has 4 aromatic heterocycles. The lowest BCUT2D eigenvalue weighted by Gasteiger charge is -2.41. The van der Waals surface area contributed by atoms with Crippen LogP contribution in [0.2, 0.25) is 5.02 Å². The SMILES string of the molecule is CNC(=O)c1ccn(-c2nccc(Sc3cnc(N4CCC5(CC4)Cn4nccc4[C@H]5N)cn3)c2Cl)c1. The molecule has 0 bridgehead atoms. The minimum absolute atomic E-state index is 0.0268. The molecule has 3 N–H and O–H groups in total. The molecule has 190 valence electrons. The van der Waals surface area contributed by atoms with E-state index in [0.717, 1.165) is 53.9 Å². The molecule has 6 rings (SSSR count). The third kappa shape index (κ3) is 4.26. The van der Waals surface area contributed by atoms with Crippen LogP contribution in [-0.4, -0.2) is 55.3 Å². The van der Waals surface area contributed by atoms with Gasteiger partial charge in [0.05, 0.1) is 34.7 Å². The molecule has 6 heterocycles. The van der Waals surface area contributed by atoms with Gasteiger partial charge in [0.15, 0.2) is 5.82 Å². The fraction of sp³-hybridized carbons (Fsp3) is 0.320. The van der Waals surface area contributed by atoms with Crippen LogP contribution < -0.4 is 16.0 Å². The number of rotatable bonds is 5. The summed E-state index contributed by atoms with van der Waals surface area (Å²) in [7, 11) is 1.59. The zero-order valence-corrected chi connectivity index (χ0v) is 21.8. The van der Waals surface area contributed by atoms with Gasteiger partial charge in [0.25, 0.3) is 5.91 Å². The molecule has 1 saturated heterocycles. The van der Waals surface area contributed by atoms with Gasteiger partial charge in [-0.3, -0.25) is 9.48 Å². The van der Waals surface area contributed by atoms with Crippen LogP contribution in [0.4, 0.5) is 5.82 Å². The van der Waals surface area contributed by atoms with E-state index in [1.165, 1.54) is 11.8 Å². The first-order valence-electron chi connectivity index (χ1n) is 12.0. The standard InChI is InChI=1S/C25H26ClN9OS/c1-28-24(36)16-4-9-34(14-16)23-21(26)18(3-7-29-23)37-20-13-30-19(12-31-20)33-10-5-25(6-11-33)15-35-17(22(25)27)2-8-32-35/h2-4,7-9,12-14,22H,5-6,10-11,15,27H2,1H3,(H,28,36)/t22-/m1/s1. The van der Waals surface area contributed by atoms with Gasteiger partial charge < -0.3 is 20.5 Å². The van der Waals surface area contributed by atoms with Crippen molar-refractivity contribution in [3.8, 4) is 5.82 Å². The number of halogens is 1. The van der Waals surface area contributed by atoms with Crippen LogP contribution in [0, 0.1) is 5.41 Å². The maximum Gasteiger partial charge on any atom is 0.252 e. The summed E-state index contributed by atoms with van der Waals surface area (Å²) >= 11 is 8.11. The van der Waals surface area contributed by atoms with Crippen molar-refractivity contribution in [3.05, 3.63) is 71.7 Å². The van der Waals surface area contributed by atoms with Gasteiger partial charge >= 0.3 is 0 Å². The number of anilines is 1. The number of hydrogen-bond donors (Lipinski definition) is 2. The third-order valence-electron chi connectivity index (χ3n) is 7.37. The predicted octanol–water partition coefficient (Wildman–Crippen LogP) is 3.32. The van der Waals surface area contributed by atoms with E-state index >= 15 is 0 Å². The Balaban J connectivity index is 1.13. The molecule has 2 aliphatic rings. The van der Waals surface area contributed by atoms with Gasteiger partial charge in [-0.05, 0) is 31.0 Å². The number of nitrogens with zero attached hydrogens (tertiary/aromatic N) is 7. The molecule has 0 unspecified atom stereocenters. The van der Waals surface area contributed by atoms with Crippen molar-refractivity contribution < 1.29 is 4.79 Å². The van der Waals surface area contributed by atoms with E-state index < -0.39 is 0 Å². The van der Waals surface area contributed by atoms with Crippen LogP contribution in [0.5, 0.6) is 0 Å². The lowest BCUT2D eigenvalue weighted by molar-refractivity contribution is 0.0963. The summed E-state index contributed by atoms with van der Waals surface area (Å²) in [4.78, 5) is 28.7. The van der Waals surface area contributed by atoms with Gasteiger partial charge in [0.2, 0.25) is 0 Å². The zero-order valence-electron chi connectivity index (χ0n) is 20.2. The third-order valence-corrected chi connectivity index (χ3v) is 8.83. The van der Waals surface area contributed by atoms with E-state index in [1.807, 2.05) is 24.5 Å². The highest BCUT2D eigenvalue weighted by atomic mass is 35.5. The monoisotopic (exact) mass is 535 g/mol. The number of nitrogens with one attached hydrogen (secondary N) is 1. The van der Waals surface area contributed by atoms with Crippen LogP contribution in [0.3, 0.4) is 0 Å². The Hall–Kier alpha value is -3.41. The second-order valence-electron chi connectivity index (χ2n) is 9.39. The molecular formula is C25H26ClN9OS. The van der Waals surface area contributed by atoms with Crippen molar-refractivity contribution in [2.45, 2.75) is 35.3 Å². The van der Waals surface area contributed by atoms with Crippen molar-refractivity contribution in [2.24, 2.45) is 11.1 Å². The number of amides is 1. The Morgan fingerprint density at radius 2 is 2.00 bits per heavy atom. The molecule has 1 fully saturated rings. The first-order chi connectivity index (χ1) is 18.0. The van der Waals surface area contributed by atoms with E-state index in [0.29, 0.717) is 16.4 Å². The molecule has 2 aliphatic heterocycles. The lowest BCUT2D eigenvalue weighted by atomic mass is 9.73. The molecule has 0 saturated carbocycles. The Bertz CT molecular complexity index is 1440. The van der Waals surface area contributed by atoms with E-state index in [9.17, 15) is 4.79 Å². The van der Waals surface area contributed by atoms with E-state index in [4.69, 9.17) is 17.3 Å². The summed E-state index contributed by atoms with van der Waals surface area (Å²) in [5.74, 6) is 1.23. The molecule has 0 radical (unpaired) electrons. The van der Waals surface area contributed by atoms with Crippen LogP contribution in [0.25, 0.3) is 5.82 Å². The smallest absolute Gasteiger partial charge is 0.252 e. The Kier molecular flexibility index (Phi) is 6.13. The summed E-state index contributed by atoms with van der Waals surface area (Å²) in [6.07, 6.45) is 12.6. The molecule has 1 atom stereocenters. The quantitative estimate of drug-likeness (QED) is 0.399. The Morgan fingerprint density at radius 1 is 1.16 bits per heavy atom. The van der Waals surface area contributed by atoms with Crippen LogP contribution in [0.1, 0.15) is 34.9 Å². The minimum atomic E-state index is -0.169. The topological polar surface area (TPSA) is 120 Å². The Labute approximate surface area is 223 Å². The molecule has 0 aliphatic carbocycles. The number of pyridine rings is 1. The summed E-state index contributed by atoms with van der Waals surface area (Å²) < 4.78 is 3.79. The Morgan fingerprint density at radius 3 is 2.73 bits per heavy atom. The highest BCUT2D eigenvalue weighted by Crippen LogP contribution is 2.47. The molecule has 1 amide bonds. The van der Waals surface area contributed by atoms with Crippen molar-refractivity contribution in [1.29, 1.82) is 0 Å². The number of fused-ring (bicyclic) bond motifs is 1. The largest absolute Gasteiger partial charge is 0.355 e. The van der Waals surface area contributed by atoms with E-state index in [2.05, 4.69) is 34.9 Å². The summed E-state index contributed by atoms with van der Waals surface area (Å²) in [6, 6.07) is 5.62. The van der Waals surface area contributed by atoms with Gasteiger partial charge in [-0.25, -0.2) is 15.0 Å². The average Bonchev–Trinajstić information content (AvgIpc) is 3.64. The highest BCUT2D eigenvalue weighted by molar-refractivity contribution is 7.99. The van der Waals surface area contributed by atoms with Crippen LogP contribution in [-0.2, 0) is 6.54 Å². The summed E-state index contributed by atoms with van der Waals surface area (Å²) in [5.41, 5.74) is 8.35. The van der Waals surface area contributed by atoms with Crippen molar-refractivity contribution in [3.63, 3.8) is 0 Å². The second kappa shape index (κ2) is 9.47. The molecule has 12 heteroatoms. The molecule has 10 nitrogen and oxygen atoms in total. The molecule has 37 heavy (non-hydrogen) atoms. The number of nitrogens with two attached hydrogens (primary N) is 1. The predicted molar refractivity (Wildman–Crippen MR) is 141 cm³/mol. The summed E-state index contributed by atoms with van der Waals surface area (Å²) in [5, 5.41) is 8.25. The number of carbonyl (C=O) groups excluding carboxylic acids is 1. The zero-order chi connectivity index (χ0) is 25.6. The maximum atomic E-state index is 11.9. The maximum absolute atomic E-state index is 11.9. The molecular weight excluding hydrogens is 510 g/mol. The first kappa shape index (κ1) is 24.0. The van der Waals surface area contributed by atoms with Crippen molar-refractivity contribution >= 4 is 35.1 Å². The van der Waals surface area contributed by atoms with Crippen LogP contribution >= 0.6 is 23.4 Å². The number of carbonyl (C=O) groups is 1. The molecule has 1 spiro atoms. The van der Waals surface area contributed by atoms with E-state index in [-0.39, 0.29) is 17.4 Å². The van der Waals surface area contributed by atoms with E-state index in [1.54, 1.807) is 42.5 Å². The fourth-order valence-electron chi connectivity index (χ4n) is 5.22. The van der Waals surface area contributed by atoms with Crippen molar-refractivity contribution in [1.82, 2.24) is 34.6 Å². The van der Waals surface area contributed by atoms with Gasteiger partial charge in [-0.15, -0.1) is 0 Å². The average molecular weight is 536 g/mol. The summed E-state index contributed by atoms with van der Waals surface area (Å²) in [6.45, 7) is 2.65.